The van der Waals surface area contributed by atoms with Gasteiger partial charge in [-0.2, -0.15) is 0 Å². The van der Waals surface area contributed by atoms with Gasteiger partial charge >= 0.3 is 0 Å². The van der Waals surface area contributed by atoms with E-state index in [2.05, 4.69) is 0 Å². The molecule has 5 unspecified atom stereocenters. The van der Waals surface area contributed by atoms with E-state index < -0.39 is 0 Å². The first-order valence-electron chi connectivity index (χ1n) is 13.4. The Balaban J connectivity index is 1.27. The first kappa shape index (κ1) is 26.0. The molecule has 2 amide bonds. The zero-order chi connectivity index (χ0) is 27.0. The minimum atomic E-state index is -0.382. The summed E-state index contributed by atoms with van der Waals surface area (Å²) in [4.78, 5) is 31.2. The first-order chi connectivity index (χ1) is 17.8. The van der Waals surface area contributed by atoms with Gasteiger partial charge in [-0.15, -0.1) is 0 Å². The maximum Gasteiger partial charge on any atom is 0.257 e. The molecule has 0 bridgehead atoms. The largest absolute Gasteiger partial charge is 0.490 e. The molecule has 5 saturated heterocycles. The van der Waals surface area contributed by atoms with E-state index in [4.69, 9.17) is 28.4 Å². The van der Waals surface area contributed by atoms with Gasteiger partial charge < -0.3 is 38.2 Å². The molecule has 6 rings (SSSR count). The molecule has 5 aliphatic rings. The van der Waals surface area contributed by atoms with Crippen molar-refractivity contribution in [3.8, 4) is 5.75 Å². The van der Waals surface area contributed by atoms with Gasteiger partial charge in [-0.25, -0.2) is 0 Å². The Bertz CT molecular complexity index is 1090. The van der Waals surface area contributed by atoms with Gasteiger partial charge in [-0.05, 0) is 52.8 Å². The highest BCUT2D eigenvalue weighted by Gasteiger charge is 2.49. The Morgan fingerprint density at radius 1 is 0.684 bits per heavy atom. The highest BCUT2D eigenvalue weighted by molar-refractivity contribution is 6.00. The van der Waals surface area contributed by atoms with Crippen LogP contribution in [0.3, 0.4) is 0 Å². The number of hydrogen-bond donors (Lipinski definition) is 0. The summed E-state index contributed by atoms with van der Waals surface area (Å²) < 4.78 is 34.0. The Kier molecular flexibility index (Phi) is 5.91. The van der Waals surface area contributed by atoms with Gasteiger partial charge in [0, 0.05) is 5.56 Å². The lowest BCUT2D eigenvalue weighted by atomic mass is 10.0. The number of epoxide rings is 5. The van der Waals surface area contributed by atoms with E-state index in [9.17, 15) is 9.59 Å². The fraction of sp³-hybridized carbons (Fsp3) is 0.714. The lowest BCUT2D eigenvalue weighted by molar-refractivity contribution is 0.0650. The number of carbonyl (C=O) groups is 2. The standard InChI is InChI=1S/C28H38N2O8/c1-24(14-34-24)9-29(10-25(2)15-35-25)22(31)19-6-7-20(21(8-19)33-13-28(5)18-38-28)23(32)30(11-26(3)16-36-26)12-27(4)17-37-27/h6-8H,9-18H2,1-5H3. The van der Waals surface area contributed by atoms with Crippen LogP contribution in [0.4, 0.5) is 0 Å². The third-order valence-electron chi connectivity index (χ3n) is 7.85. The lowest BCUT2D eigenvalue weighted by Gasteiger charge is -2.28. The molecule has 10 nitrogen and oxygen atoms in total. The molecule has 5 aliphatic heterocycles. The molecule has 1 aromatic rings. The van der Waals surface area contributed by atoms with Crippen molar-refractivity contribution in [1.29, 1.82) is 0 Å². The molecule has 0 saturated carbocycles. The van der Waals surface area contributed by atoms with E-state index in [0.717, 1.165) is 0 Å². The van der Waals surface area contributed by atoms with Crippen molar-refractivity contribution >= 4 is 11.8 Å². The van der Waals surface area contributed by atoms with Gasteiger partial charge in [0.2, 0.25) is 0 Å². The van der Waals surface area contributed by atoms with Crippen LogP contribution in [0.15, 0.2) is 18.2 Å². The molecular formula is C28H38N2O8. The van der Waals surface area contributed by atoms with Crippen molar-refractivity contribution in [2.45, 2.75) is 62.6 Å². The van der Waals surface area contributed by atoms with Crippen LogP contribution >= 0.6 is 0 Å². The van der Waals surface area contributed by atoms with Crippen LogP contribution in [0.1, 0.15) is 55.3 Å². The molecule has 1 aromatic carbocycles. The predicted molar refractivity (Wildman–Crippen MR) is 136 cm³/mol. The first-order valence-corrected chi connectivity index (χ1v) is 13.4. The summed E-state index contributed by atoms with van der Waals surface area (Å²) in [7, 11) is 0. The smallest absolute Gasteiger partial charge is 0.257 e. The maximum atomic E-state index is 13.9. The van der Waals surface area contributed by atoms with E-state index in [0.29, 0.717) is 76.1 Å². The number of carbonyl (C=O) groups excluding carboxylic acids is 2. The average Bonchev–Trinajstić information content (AvgIpc) is 3.60. The van der Waals surface area contributed by atoms with Gasteiger partial charge in [-0.3, -0.25) is 9.59 Å². The van der Waals surface area contributed by atoms with Gasteiger partial charge in [0.1, 0.15) is 40.4 Å². The second-order valence-electron chi connectivity index (χ2n) is 13.0. The summed E-state index contributed by atoms with van der Waals surface area (Å²) in [5.41, 5.74) is -0.903. The fourth-order valence-electron chi connectivity index (χ4n) is 4.61. The van der Waals surface area contributed by atoms with Crippen LogP contribution in [0.5, 0.6) is 5.75 Å². The zero-order valence-electron chi connectivity index (χ0n) is 23.0. The molecule has 10 heteroatoms. The van der Waals surface area contributed by atoms with Crippen LogP contribution < -0.4 is 4.74 Å². The Morgan fingerprint density at radius 2 is 1.08 bits per heavy atom. The van der Waals surface area contributed by atoms with Crippen molar-refractivity contribution in [2.24, 2.45) is 0 Å². The minimum Gasteiger partial charge on any atom is -0.490 e. The van der Waals surface area contributed by atoms with Gasteiger partial charge in [0.15, 0.2) is 0 Å². The van der Waals surface area contributed by atoms with E-state index >= 15 is 0 Å². The quantitative estimate of drug-likeness (QED) is 0.356. The van der Waals surface area contributed by atoms with Crippen LogP contribution in [-0.2, 0) is 23.7 Å². The highest BCUT2D eigenvalue weighted by atomic mass is 16.6. The summed E-state index contributed by atoms with van der Waals surface area (Å²) >= 11 is 0. The highest BCUT2D eigenvalue weighted by Crippen LogP contribution is 2.36. The van der Waals surface area contributed by atoms with Crippen molar-refractivity contribution in [3.63, 3.8) is 0 Å². The predicted octanol–water partition coefficient (Wildman–Crippen LogP) is 1.89. The van der Waals surface area contributed by atoms with Crippen molar-refractivity contribution in [2.75, 3.05) is 65.8 Å². The normalized spacial score (nSPS) is 37.8. The lowest BCUT2D eigenvalue weighted by Crippen LogP contribution is -2.44. The Hall–Kier alpha value is -2.24. The SMILES string of the molecule is CC1(COc2cc(C(=O)N(CC3(C)CO3)CC3(C)CO3)ccc2C(=O)N(CC2(C)CO2)CC2(C)CO2)CO1. The molecule has 38 heavy (non-hydrogen) atoms. The monoisotopic (exact) mass is 530 g/mol. The van der Waals surface area contributed by atoms with E-state index in [-0.39, 0.29) is 46.4 Å². The Labute approximate surface area is 223 Å². The van der Waals surface area contributed by atoms with Crippen molar-refractivity contribution in [3.05, 3.63) is 29.3 Å². The topological polar surface area (TPSA) is 112 Å². The molecule has 5 atom stereocenters. The molecular weight excluding hydrogens is 492 g/mol. The van der Waals surface area contributed by atoms with E-state index in [1.54, 1.807) is 28.0 Å². The number of benzene rings is 1. The summed E-state index contributed by atoms with van der Waals surface area (Å²) in [5.74, 6) is 0.0452. The van der Waals surface area contributed by atoms with Gasteiger partial charge in [0.05, 0.1) is 64.8 Å². The number of amides is 2. The second-order valence-corrected chi connectivity index (χ2v) is 13.0. The average molecular weight is 531 g/mol. The molecule has 0 radical (unpaired) electrons. The summed E-state index contributed by atoms with van der Waals surface area (Å²) in [6.07, 6.45) is 0. The zero-order valence-corrected chi connectivity index (χ0v) is 23.0. The molecule has 208 valence electrons. The van der Waals surface area contributed by atoms with Crippen LogP contribution in [0, 0.1) is 0 Å². The number of nitrogens with zero attached hydrogens (tertiary/aromatic N) is 2. The summed E-state index contributed by atoms with van der Waals surface area (Å²) in [5, 5.41) is 0. The third-order valence-corrected chi connectivity index (χ3v) is 7.85. The van der Waals surface area contributed by atoms with E-state index in [1.807, 2.05) is 34.6 Å². The van der Waals surface area contributed by atoms with Gasteiger partial charge in [0.25, 0.3) is 11.8 Å². The fourth-order valence-corrected chi connectivity index (χ4v) is 4.61. The van der Waals surface area contributed by atoms with Crippen LogP contribution in [0.25, 0.3) is 0 Å². The number of hydrogen-bond acceptors (Lipinski definition) is 8. The molecule has 0 aromatic heterocycles. The summed E-state index contributed by atoms with van der Waals surface area (Å²) in [6.45, 7) is 15.1. The molecule has 0 spiro atoms. The summed E-state index contributed by atoms with van der Waals surface area (Å²) in [6, 6.07) is 5.09. The molecule has 5 fully saturated rings. The van der Waals surface area contributed by atoms with Gasteiger partial charge in [-0.1, -0.05) is 0 Å². The molecule has 0 N–H and O–H groups in total. The third kappa shape index (κ3) is 5.99. The number of rotatable bonds is 13. The molecule has 0 aliphatic carbocycles. The van der Waals surface area contributed by atoms with Crippen LogP contribution in [0.2, 0.25) is 0 Å². The number of ether oxygens (including phenoxy) is 6. The van der Waals surface area contributed by atoms with Crippen LogP contribution in [-0.4, -0.2) is 115 Å². The molecule has 5 heterocycles. The maximum absolute atomic E-state index is 13.9. The van der Waals surface area contributed by atoms with Crippen molar-refractivity contribution in [1.82, 2.24) is 9.80 Å². The second kappa shape index (κ2) is 8.63. The van der Waals surface area contributed by atoms with Crippen molar-refractivity contribution < 1.29 is 38.0 Å². The van der Waals surface area contributed by atoms with E-state index in [1.165, 1.54) is 0 Å². The minimum absolute atomic E-state index is 0.147. The Morgan fingerprint density at radius 3 is 1.47 bits per heavy atom.